The third-order valence-electron chi connectivity index (χ3n) is 4.16. The molecule has 162 valence electrons. The maximum absolute atomic E-state index is 12.3. The number of nitrogens with zero attached hydrogens (tertiary/aromatic N) is 4. The van der Waals surface area contributed by atoms with Crippen LogP contribution in [0.25, 0.3) is 11.3 Å². The van der Waals surface area contributed by atoms with Crippen LogP contribution in [-0.2, 0) is 23.1 Å². The highest BCUT2D eigenvalue weighted by Crippen LogP contribution is 2.24. The summed E-state index contributed by atoms with van der Waals surface area (Å²) >= 11 is 6.08. The van der Waals surface area contributed by atoms with E-state index in [0.717, 1.165) is 11.8 Å². The second-order valence-corrected chi connectivity index (χ2v) is 9.12. The fraction of sp³-hybridized carbons (Fsp3) is 0.263. The van der Waals surface area contributed by atoms with Gasteiger partial charge in [-0.1, -0.05) is 22.8 Å². The summed E-state index contributed by atoms with van der Waals surface area (Å²) in [6.07, 6.45) is 2.80. The molecule has 1 amide bonds. The molecule has 0 bridgehead atoms. The normalized spacial score (nSPS) is 12.3. The largest absolute Gasteiger partial charge is 0.359 e. The van der Waals surface area contributed by atoms with Gasteiger partial charge in [0.25, 0.3) is 5.91 Å². The monoisotopic (exact) mass is 462 g/mol. The molecule has 0 aliphatic rings. The number of amides is 1. The summed E-state index contributed by atoms with van der Waals surface area (Å²) in [7, 11) is -3.38. The standard InChI is InChI=1S/C19H19ClN6O4S/c1-12(23-19(27)18-8-15(30-25-18)10-22-31(2,28)29)11-26-6-5-17(24-26)13-3-4-14(9-21)16(20)7-13/h3-8,12,22H,10-11H2,1-2H3,(H,23,27). The minimum Gasteiger partial charge on any atom is -0.359 e. The molecule has 2 N–H and O–H groups in total. The number of benzene rings is 1. The zero-order valence-corrected chi connectivity index (χ0v) is 18.2. The highest BCUT2D eigenvalue weighted by atomic mass is 35.5. The van der Waals surface area contributed by atoms with Crippen molar-refractivity contribution >= 4 is 27.5 Å². The van der Waals surface area contributed by atoms with Gasteiger partial charge in [0, 0.05) is 23.9 Å². The molecule has 0 saturated carbocycles. The number of nitrogens with one attached hydrogen (secondary N) is 2. The summed E-state index contributed by atoms with van der Waals surface area (Å²) in [5, 5.41) is 20.2. The Morgan fingerprint density at radius 3 is 2.81 bits per heavy atom. The van der Waals surface area contributed by atoms with Crippen molar-refractivity contribution in [3.63, 3.8) is 0 Å². The molecule has 12 heteroatoms. The van der Waals surface area contributed by atoms with Crippen molar-refractivity contribution in [3.8, 4) is 17.3 Å². The molecule has 0 aliphatic carbocycles. The SMILES string of the molecule is CC(Cn1ccc(-c2ccc(C#N)c(Cl)c2)n1)NC(=O)c1cc(CNS(C)(=O)=O)on1. The van der Waals surface area contributed by atoms with E-state index in [-0.39, 0.29) is 24.0 Å². The smallest absolute Gasteiger partial charge is 0.273 e. The zero-order valence-electron chi connectivity index (χ0n) is 16.7. The first-order chi connectivity index (χ1) is 14.6. The van der Waals surface area contributed by atoms with Gasteiger partial charge in [-0.15, -0.1) is 0 Å². The molecule has 31 heavy (non-hydrogen) atoms. The van der Waals surface area contributed by atoms with Crippen molar-refractivity contribution in [2.75, 3.05) is 6.26 Å². The van der Waals surface area contributed by atoms with Gasteiger partial charge >= 0.3 is 0 Å². The number of hydrogen-bond donors (Lipinski definition) is 2. The number of nitriles is 1. The van der Waals surface area contributed by atoms with Gasteiger partial charge in [0.1, 0.15) is 6.07 Å². The number of rotatable bonds is 8. The molecule has 0 radical (unpaired) electrons. The molecule has 2 aromatic heterocycles. The number of aromatic nitrogens is 3. The molecule has 0 fully saturated rings. The molecule has 3 aromatic rings. The zero-order chi connectivity index (χ0) is 22.6. The predicted octanol–water partition coefficient (Wildman–Crippen LogP) is 1.93. The second kappa shape index (κ2) is 9.30. The topological polar surface area (TPSA) is 143 Å². The van der Waals surface area contributed by atoms with E-state index in [1.54, 1.807) is 29.1 Å². The van der Waals surface area contributed by atoms with Crippen molar-refractivity contribution in [2.24, 2.45) is 0 Å². The number of carbonyl (C=O) groups is 1. The molecular formula is C19H19ClN6O4S. The quantitative estimate of drug-likeness (QED) is 0.520. The Kier molecular flexibility index (Phi) is 6.74. The Bertz CT molecular complexity index is 1240. The van der Waals surface area contributed by atoms with Gasteiger partial charge in [0.15, 0.2) is 11.5 Å². The first-order valence-electron chi connectivity index (χ1n) is 9.09. The first kappa shape index (κ1) is 22.5. The average Bonchev–Trinajstić information content (AvgIpc) is 3.35. The molecule has 1 aromatic carbocycles. The Balaban J connectivity index is 1.58. The maximum atomic E-state index is 12.3. The van der Waals surface area contributed by atoms with Crippen molar-refractivity contribution in [2.45, 2.75) is 26.1 Å². The van der Waals surface area contributed by atoms with E-state index in [2.05, 4.69) is 20.3 Å². The van der Waals surface area contributed by atoms with Gasteiger partial charge in [-0.2, -0.15) is 10.4 Å². The predicted molar refractivity (Wildman–Crippen MR) is 113 cm³/mol. The van der Waals surface area contributed by atoms with Crippen molar-refractivity contribution in [1.29, 1.82) is 5.26 Å². The molecule has 0 saturated heterocycles. The molecular weight excluding hydrogens is 444 g/mol. The van der Waals surface area contributed by atoms with E-state index in [9.17, 15) is 13.2 Å². The van der Waals surface area contributed by atoms with Crippen LogP contribution in [0, 0.1) is 11.3 Å². The Morgan fingerprint density at radius 1 is 1.35 bits per heavy atom. The number of carbonyl (C=O) groups excluding carboxylic acids is 1. The summed E-state index contributed by atoms with van der Waals surface area (Å²) < 4.78 is 31.2. The Labute approximate surface area is 183 Å². The van der Waals surface area contributed by atoms with Crippen LogP contribution < -0.4 is 10.0 Å². The summed E-state index contributed by atoms with van der Waals surface area (Å²) in [6, 6.07) is 10.0. The van der Waals surface area contributed by atoms with E-state index >= 15 is 0 Å². The second-order valence-electron chi connectivity index (χ2n) is 6.88. The van der Waals surface area contributed by atoms with Gasteiger partial charge in [-0.25, -0.2) is 13.1 Å². The minimum absolute atomic E-state index is 0.0468. The molecule has 0 spiro atoms. The maximum Gasteiger partial charge on any atom is 0.273 e. The van der Waals surface area contributed by atoms with E-state index in [4.69, 9.17) is 21.4 Å². The van der Waals surface area contributed by atoms with Crippen LogP contribution in [-0.4, -0.2) is 41.6 Å². The lowest BCUT2D eigenvalue weighted by Gasteiger charge is -2.12. The fourth-order valence-electron chi connectivity index (χ4n) is 2.71. The molecule has 3 rings (SSSR count). The van der Waals surface area contributed by atoms with Gasteiger partial charge in [-0.3, -0.25) is 9.48 Å². The molecule has 0 aliphatic heterocycles. The molecule has 10 nitrogen and oxygen atoms in total. The summed E-state index contributed by atoms with van der Waals surface area (Å²) in [5.41, 5.74) is 1.90. The average molecular weight is 463 g/mol. The van der Waals surface area contributed by atoms with E-state index < -0.39 is 15.9 Å². The molecule has 1 unspecified atom stereocenters. The summed E-state index contributed by atoms with van der Waals surface area (Å²) in [4.78, 5) is 12.3. The van der Waals surface area contributed by atoms with Gasteiger partial charge < -0.3 is 9.84 Å². The Morgan fingerprint density at radius 2 is 2.13 bits per heavy atom. The van der Waals surface area contributed by atoms with Crippen LogP contribution in [0.3, 0.4) is 0 Å². The van der Waals surface area contributed by atoms with Crippen LogP contribution in [0.15, 0.2) is 41.1 Å². The molecule has 1 atom stereocenters. The summed E-state index contributed by atoms with van der Waals surface area (Å²) in [6.45, 7) is 2.12. The van der Waals surface area contributed by atoms with Crippen molar-refractivity contribution in [3.05, 3.63) is 58.6 Å². The van der Waals surface area contributed by atoms with Gasteiger partial charge in [-0.05, 0) is 25.1 Å². The highest BCUT2D eigenvalue weighted by Gasteiger charge is 2.16. The number of halogens is 1. The Hall–Kier alpha value is -3.20. The lowest BCUT2D eigenvalue weighted by atomic mass is 10.1. The first-order valence-corrected chi connectivity index (χ1v) is 11.4. The minimum atomic E-state index is -3.38. The van der Waals surface area contributed by atoms with Gasteiger partial charge in [0.2, 0.25) is 10.0 Å². The van der Waals surface area contributed by atoms with Crippen LogP contribution in [0.2, 0.25) is 5.02 Å². The number of hydrogen-bond acceptors (Lipinski definition) is 7. The van der Waals surface area contributed by atoms with Gasteiger partial charge in [0.05, 0.1) is 35.6 Å². The van der Waals surface area contributed by atoms with Crippen LogP contribution in [0.1, 0.15) is 28.7 Å². The third kappa shape index (κ3) is 6.14. The number of sulfonamides is 1. The van der Waals surface area contributed by atoms with E-state index in [0.29, 0.717) is 22.8 Å². The van der Waals surface area contributed by atoms with E-state index in [1.807, 2.05) is 19.1 Å². The molecule has 2 heterocycles. The highest BCUT2D eigenvalue weighted by molar-refractivity contribution is 7.88. The van der Waals surface area contributed by atoms with Crippen LogP contribution >= 0.6 is 11.6 Å². The summed E-state index contributed by atoms with van der Waals surface area (Å²) in [5.74, 6) is -0.228. The fourth-order valence-corrected chi connectivity index (χ4v) is 3.34. The van der Waals surface area contributed by atoms with Crippen LogP contribution in [0.5, 0.6) is 0 Å². The lowest BCUT2D eigenvalue weighted by Crippen LogP contribution is -2.36. The van der Waals surface area contributed by atoms with Crippen LogP contribution in [0.4, 0.5) is 0 Å². The lowest BCUT2D eigenvalue weighted by molar-refractivity contribution is 0.0926. The third-order valence-corrected chi connectivity index (χ3v) is 5.15. The van der Waals surface area contributed by atoms with Crippen molar-refractivity contribution < 1.29 is 17.7 Å². The van der Waals surface area contributed by atoms with Crippen molar-refractivity contribution in [1.82, 2.24) is 25.0 Å². The van der Waals surface area contributed by atoms with E-state index in [1.165, 1.54) is 6.07 Å².